The topological polar surface area (TPSA) is 58.6 Å². The molecule has 3 rings (SSSR count). The minimum atomic E-state index is -0.442. The Bertz CT molecular complexity index is 809. The third-order valence-electron chi connectivity index (χ3n) is 2.70. The van der Waals surface area contributed by atoms with Gasteiger partial charge >= 0.3 is 0 Å². The Kier molecular flexibility index (Phi) is 2.87. The Hall–Kier alpha value is -2.08. The Labute approximate surface area is 112 Å². The van der Waals surface area contributed by atoms with Crippen LogP contribution in [0.25, 0.3) is 10.9 Å². The lowest BCUT2D eigenvalue weighted by Crippen LogP contribution is -2.12. The molecule has 0 aliphatic rings. The summed E-state index contributed by atoms with van der Waals surface area (Å²) in [6.07, 6.45) is 0.473. The summed E-state index contributed by atoms with van der Waals surface area (Å²) in [5, 5.41) is 3.10. The predicted octanol–water partition coefficient (Wildman–Crippen LogP) is 2.42. The number of nitrogens with one attached hydrogen (secondary N) is 1. The van der Waals surface area contributed by atoms with Crippen molar-refractivity contribution < 1.29 is 4.39 Å². The second-order valence-corrected chi connectivity index (χ2v) is 5.18. The Morgan fingerprint density at radius 1 is 1.37 bits per heavy atom. The van der Waals surface area contributed by atoms with Crippen molar-refractivity contribution in [3.63, 3.8) is 0 Å². The summed E-state index contributed by atoms with van der Waals surface area (Å²) in [7, 11) is 0. The number of H-pyrrole nitrogens is 1. The van der Waals surface area contributed by atoms with Gasteiger partial charge in [-0.25, -0.2) is 14.4 Å². The van der Waals surface area contributed by atoms with Crippen LogP contribution in [0.2, 0.25) is 0 Å². The summed E-state index contributed by atoms with van der Waals surface area (Å²) in [6, 6.07) is 4.00. The molecule has 0 aliphatic heterocycles. The van der Waals surface area contributed by atoms with Gasteiger partial charge in [0.25, 0.3) is 5.56 Å². The first-order chi connectivity index (χ1) is 9.11. The van der Waals surface area contributed by atoms with Crippen molar-refractivity contribution in [3.8, 4) is 0 Å². The van der Waals surface area contributed by atoms with Gasteiger partial charge in [-0.15, -0.1) is 11.3 Å². The lowest BCUT2D eigenvalue weighted by atomic mass is 10.2. The van der Waals surface area contributed by atoms with Gasteiger partial charge in [-0.05, 0) is 25.1 Å². The van der Waals surface area contributed by atoms with Crippen molar-refractivity contribution in [3.05, 3.63) is 56.3 Å². The molecule has 0 saturated heterocycles. The molecule has 96 valence electrons. The van der Waals surface area contributed by atoms with Crippen LogP contribution in [0.1, 0.15) is 16.5 Å². The van der Waals surface area contributed by atoms with Gasteiger partial charge in [-0.2, -0.15) is 0 Å². The first-order valence-corrected chi connectivity index (χ1v) is 6.59. The molecule has 0 spiro atoms. The fourth-order valence-electron chi connectivity index (χ4n) is 1.87. The average molecular weight is 275 g/mol. The van der Waals surface area contributed by atoms with E-state index in [9.17, 15) is 9.18 Å². The molecule has 0 atom stereocenters. The highest BCUT2D eigenvalue weighted by Crippen LogP contribution is 2.14. The number of nitrogens with zero attached hydrogens (tertiary/aromatic N) is 2. The molecular weight excluding hydrogens is 265 g/mol. The molecule has 3 aromatic rings. The minimum absolute atomic E-state index is 0.263. The molecule has 0 aliphatic carbocycles. The first kappa shape index (κ1) is 12.0. The number of benzene rings is 1. The SMILES string of the molecule is Cc1csc(Cc2nc3ccc(F)cc3c(=O)[nH]2)n1. The molecule has 0 fully saturated rings. The summed E-state index contributed by atoms with van der Waals surface area (Å²) in [6.45, 7) is 1.92. The zero-order valence-electron chi connectivity index (χ0n) is 10.1. The van der Waals surface area contributed by atoms with Crippen LogP contribution in [0.4, 0.5) is 4.39 Å². The number of aryl methyl sites for hydroxylation is 1. The van der Waals surface area contributed by atoms with Crippen molar-refractivity contribution in [2.45, 2.75) is 13.3 Å². The van der Waals surface area contributed by atoms with Crippen LogP contribution in [0.15, 0.2) is 28.4 Å². The van der Waals surface area contributed by atoms with Crippen molar-refractivity contribution in [1.82, 2.24) is 15.0 Å². The molecule has 0 saturated carbocycles. The van der Waals surface area contributed by atoms with E-state index in [2.05, 4.69) is 15.0 Å². The van der Waals surface area contributed by atoms with Gasteiger partial charge in [0.05, 0.1) is 17.3 Å². The molecule has 0 bridgehead atoms. The van der Waals surface area contributed by atoms with Gasteiger partial charge in [-0.1, -0.05) is 0 Å². The van der Waals surface area contributed by atoms with Crippen molar-refractivity contribution in [2.75, 3.05) is 0 Å². The van der Waals surface area contributed by atoms with Crippen LogP contribution < -0.4 is 5.56 Å². The highest BCUT2D eigenvalue weighted by Gasteiger charge is 2.07. The van der Waals surface area contributed by atoms with E-state index in [-0.39, 0.29) is 10.9 Å². The molecule has 0 radical (unpaired) electrons. The van der Waals surface area contributed by atoms with Gasteiger partial charge in [0, 0.05) is 11.1 Å². The maximum atomic E-state index is 13.1. The van der Waals surface area contributed by atoms with Crippen LogP contribution in [0, 0.1) is 12.7 Å². The molecule has 2 heterocycles. The summed E-state index contributed by atoms with van der Waals surface area (Å²) >= 11 is 1.52. The lowest BCUT2D eigenvalue weighted by molar-refractivity contribution is 0.629. The fourth-order valence-corrected chi connectivity index (χ4v) is 2.65. The number of thiazole rings is 1. The summed E-state index contributed by atoms with van der Waals surface area (Å²) < 4.78 is 13.1. The van der Waals surface area contributed by atoms with E-state index >= 15 is 0 Å². The predicted molar refractivity (Wildman–Crippen MR) is 72.0 cm³/mol. The van der Waals surface area contributed by atoms with E-state index in [1.54, 1.807) is 0 Å². The number of aromatic nitrogens is 3. The fraction of sp³-hybridized carbons (Fsp3) is 0.154. The molecule has 0 unspecified atom stereocenters. The molecule has 0 amide bonds. The second-order valence-electron chi connectivity index (χ2n) is 4.23. The summed E-state index contributed by atoms with van der Waals surface area (Å²) in [5.74, 6) is 0.0987. The lowest BCUT2D eigenvalue weighted by Gasteiger charge is -2.01. The van der Waals surface area contributed by atoms with E-state index in [1.807, 2.05) is 12.3 Å². The maximum Gasteiger partial charge on any atom is 0.258 e. The standard InChI is InChI=1S/C13H10FN3OS/c1-7-6-19-12(15-7)5-11-16-10-3-2-8(14)4-9(10)13(18)17-11/h2-4,6H,5H2,1H3,(H,16,17,18). The highest BCUT2D eigenvalue weighted by molar-refractivity contribution is 7.09. The van der Waals surface area contributed by atoms with Crippen LogP contribution in [0.5, 0.6) is 0 Å². The average Bonchev–Trinajstić information content (AvgIpc) is 2.76. The first-order valence-electron chi connectivity index (χ1n) is 5.71. The second kappa shape index (κ2) is 4.55. The van der Waals surface area contributed by atoms with Crippen LogP contribution in [-0.2, 0) is 6.42 Å². The van der Waals surface area contributed by atoms with E-state index in [1.165, 1.54) is 29.5 Å². The highest BCUT2D eigenvalue weighted by atomic mass is 32.1. The number of hydrogen-bond acceptors (Lipinski definition) is 4. The number of hydrogen-bond donors (Lipinski definition) is 1. The van der Waals surface area contributed by atoms with Gasteiger partial charge in [0.2, 0.25) is 0 Å². The molecule has 19 heavy (non-hydrogen) atoms. The van der Waals surface area contributed by atoms with Crippen LogP contribution >= 0.6 is 11.3 Å². The zero-order valence-corrected chi connectivity index (χ0v) is 10.9. The molecule has 1 N–H and O–H groups in total. The smallest absolute Gasteiger partial charge is 0.258 e. The largest absolute Gasteiger partial charge is 0.310 e. The van der Waals surface area contributed by atoms with Crippen molar-refractivity contribution in [1.29, 1.82) is 0 Å². The van der Waals surface area contributed by atoms with E-state index in [4.69, 9.17) is 0 Å². The van der Waals surface area contributed by atoms with Crippen molar-refractivity contribution in [2.24, 2.45) is 0 Å². The Morgan fingerprint density at radius 2 is 2.21 bits per heavy atom. The minimum Gasteiger partial charge on any atom is -0.310 e. The van der Waals surface area contributed by atoms with Crippen molar-refractivity contribution >= 4 is 22.2 Å². The monoisotopic (exact) mass is 275 g/mol. The van der Waals surface area contributed by atoms with E-state index in [0.717, 1.165) is 10.7 Å². The zero-order chi connectivity index (χ0) is 13.4. The van der Waals surface area contributed by atoms with Gasteiger partial charge < -0.3 is 4.98 Å². The maximum absolute atomic E-state index is 13.1. The van der Waals surface area contributed by atoms with Crippen LogP contribution in [-0.4, -0.2) is 15.0 Å². The number of fused-ring (bicyclic) bond motifs is 1. The van der Waals surface area contributed by atoms with Crippen LogP contribution in [0.3, 0.4) is 0 Å². The van der Waals surface area contributed by atoms with E-state index < -0.39 is 5.82 Å². The number of halogens is 1. The molecule has 2 aromatic heterocycles. The summed E-state index contributed by atoms with van der Waals surface area (Å²) in [5.41, 5.74) is 1.12. The molecule has 6 heteroatoms. The quantitative estimate of drug-likeness (QED) is 0.781. The van der Waals surface area contributed by atoms with Gasteiger partial charge in [0.1, 0.15) is 16.6 Å². The molecule has 4 nitrogen and oxygen atoms in total. The Balaban J connectivity index is 2.06. The van der Waals surface area contributed by atoms with Gasteiger partial charge in [-0.3, -0.25) is 4.79 Å². The molecule has 1 aromatic carbocycles. The van der Waals surface area contributed by atoms with Gasteiger partial charge in [0.15, 0.2) is 0 Å². The summed E-state index contributed by atoms with van der Waals surface area (Å²) in [4.78, 5) is 23.2. The number of rotatable bonds is 2. The molecular formula is C13H10FN3OS. The third-order valence-corrected chi connectivity index (χ3v) is 3.67. The normalized spacial score (nSPS) is 11.1. The number of aromatic amines is 1. The Morgan fingerprint density at radius 3 is 2.95 bits per heavy atom. The third kappa shape index (κ3) is 2.39. The van der Waals surface area contributed by atoms with E-state index in [0.29, 0.717) is 17.8 Å².